The third kappa shape index (κ3) is 3.81. The molecule has 9 nitrogen and oxygen atoms in total. The number of carbonyl (C=O) groups excluding carboxylic acids is 2. The Morgan fingerprint density at radius 2 is 1.97 bits per heavy atom. The van der Waals surface area contributed by atoms with E-state index in [0.717, 1.165) is 15.6 Å². The standard InChI is InChI=1S/C22H17N5O4S2/c1-27-9-8-16(26-27)22-24-12-14(32-22)11-23-20(28)13-6-7-19-17(10-13)25-21(29)15-4-2-3-5-18(15)33(19,30)31/h2-10,12H,11H2,1H3,(H,23,28)(H,25,29). The molecule has 2 amide bonds. The molecule has 0 spiro atoms. The zero-order valence-corrected chi connectivity index (χ0v) is 18.9. The van der Waals surface area contributed by atoms with Gasteiger partial charge < -0.3 is 10.6 Å². The number of nitrogens with zero attached hydrogens (tertiary/aromatic N) is 3. The summed E-state index contributed by atoms with van der Waals surface area (Å²) in [4.78, 5) is 30.4. The Bertz CT molecular complexity index is 1520. The summed E-state index contributed by atoms with van der Waals surface area (Å²) in [5.41, 5.74) is 1.11. The summed E-state index contributed by atoms with van der Waals surface area (Å²) in [6.45, 7) is 0.247. The fourth-order valence-corrected chi connectivity index (χ4v) is 5.91. The molecule has 2 aromatic heterocycles. The van der Waals surface area contributed by atoms with E-state index in [2.05, 4.69) is 20.7 Å². The molecule has 0 saturated heterocycles. The summed E-state index contributed by atoms with van der Waals surface area (Å²) < 4.78 is 27.8. The summed E-state index contributed by atoms with van der Waals surface area (Å²) in [5, 5.41) is 10.5. The van der Waals surface area contributed by atoms with Crippen LogP contribution in [0.1, 0.15) is 25.6 Å². The highest BCUT2D eigenvalue weighted by molar-refractivity contribution is 7.91. The van der Waals surface area contributed by atoms with Gasteiger partial charge >= 0.3 is 0 Å². The van der Waals surface area contributed by atoms with Gasteiger partial charge in [-0.05, 0) is 36.4 Å². The molecule has 1 aliphatic rings. The van der Waals surface area contributed by atoms with E-state index in [0.29, 0.717) is 0 Å². The lowest BCUT2D eigenvalue weighted by atomic mass is 10.1. The van der Waals surface area contributed by atoms with Crippen molar-refractivity contribution in [3.05, 3.63) is 76.9 Å². The monoisotopic (exact) mass is 479 g/mol. The van der Waals surface area contributed by atoms with Crippen LogP contribution in [0, 0.1) is 0 Å². The quantitative estimate of drug-likeness (QED) is 0.464. The number of fused-ring (bicyclic) bond motifs is 2. The molecule has 11 heteroatoms. The number of amides is 2. The molecular weight excluding hydrogens is 462 g/mol. The Balaban J connectivity index is 1.36. The number of hydrogen-bond donors (Lipinski definition) is 2. The molecule has 3 heterocycles. The Labute approximate surface area is 193 Å². The van der Waals surface area contributed by atoms with Crippen molar-refractivity contribution in [2.24, 2.45) is 7.05 Å². The third-order valence-corrected chi connectivity index (χ3v) is 8.00. The van der Waals surface area contributed by atoms with Crippen LogP contribution in [0.3, 0.4) is 0 Å². The van der Waals surface area contributed by atoms with Gasteiger partial charge in [-0.3, -0.25) is 14.3 Å². The highest BCUT2D eigenvalue weighted by Crippen LogP contribution is 2.34. The number of aromatic nitrogens is 3. The van der Waals surface area contributed by atoms with Gasteiger partial charge in [0.1, 0.15) is 10.7 Å². The first kappa shape index (κ1) is 21.0. The molecule has 0 atom stereocenters. The van der Waals surface area contributed by atoms with E-state index in [-0.39, 0.29) is 33.2 Å². The number of thiazole rings is 1. The molecule has 4 aromatic rings. The van der Waals surface area contributed by atoms with Gasteiger partial charge in [-0.1, -0.05) is 12.1 Å². The average Bonchev–Trinajstić information content (AvgIpc) is 3.44. The van der Waals surface area contributed by atoms with E-state index in [1.807, 2.05) is 19.3 Å². The van der Waals surface area contributed by atoms with Crippen molar-refractivity contribution in [3.63, 3.8) is 0 Å². The molecule has 2 N–H and O–H groups in total. The molecule has 0 saturated carbocycles. The van der Waals surface area contributed by atoms with Gasteiger partial charge in [0, 0.05) is 29.9 Å². The number of rotatable bonds is 4. The highest BCUT2D eigenvalue weighted by atomic mass is 32.2. The zero-order valence-electron chi connectivity index (χ0n) is 17.3. The van der Waals surface area contributed by atoms with Crippen LogP contribution in [0.15, 0.2) is 70.7 Å². The first-order valence-electron chi connectivity index (χ1n) is 9.85. The summed E-state index contributed by atoms with van der Waals surface area (Å²) >= 11 is 1.42. The molecule has 0 bridgehead atoms. The fourth-order valence-electron chi connectivity index (χ4n) is 3.51. The van der Waals surface area contributed by atoms with E-state index in [4.69, 9.17) is 0 Å². The number of hydrogen-bond acceptors (Lipinski definition) is 7. The summed E-state index contributed by atoms with van der Waals surface area (Å²) in [6.07, 6.45) is 3.50. The molecule has 0 radical (unpaired) electrons. The molecule has 166 valence electrons. The predicted molar refractivity (Wildman–Crippen MR) is 122 cm³/mol. The minimum atomic E-state index is -3.92. The summed E-state index contributed by atoms with van der Waals surface area (Å²) in [5.74, 6) is -0.948. The van der Waals surface area contributed by atoms with Gasteiger partial charge in [0.15, 0.2) is 0 Å². The maximum absolute atomic E-state index is 13.1. The molecule has 0 aliphatic carbocycles. The van der Waals surface area contributed by atoms with Crippen molar-refractivity contribution >= 4 is 38.7 Å². The second-order valence-corrected chi connectivity index (χ2v) is 10.4. The smallest absolute Gasteiger partial charge is 0.257 e. The SMILES string of the molecule is Cn1ccc(-c2ncc(CNC(=O)c3ccc4c(c3)NC(=O)c3ccccc3S4(=O)=O)s2)n1. The Morgan fingerprint density at radius 1 is 1.15 bits per heavy atom. The van der Waals surface area contributed by atoms with Crippen LogP contribution in [-0.2, 0) is 23.4 Å². The first-order chi connectivity index (χ1) is 15.8. The summed E-state index contributed by atoms with van der Waals surface area (Å²) in [7, 11) is -2.10. The molecule has 0 fully saturated rings. The second kappa shape index (κ2) is 7.94. The highest BCUT2D eigenvalue weighted by Gasteiger charge is 2.31. The maximum atomic E-state index is 13.1. The molecule has 33 heavy (non-hydrogen) atoms. The minimum Gasteiger partial charge on any atom is -0.347 e. The van der Waals surface area contributed by atoms with Crippen LogP contribution in [-0.4, -0.2) is 35.0 Å². The van der Waals surface area contributed by atoms with E-state index in [1.165, 1.54) is 41.7 Å². The zero-order chi connectivity index (χ0) is 23.2. The lowest BCUT2D eigenvalue weighted by molar-refractivity contribution is 0.0949. The third-order valence-electron chi connectivity index (χ3n) is 5.11. The topological polar surface area (TPSA) is 123 Å². The van der Waals surface area contributed by atoms with Gasteiger partial charge in [-0.25, -0.2) is 13.4 Å². The van der Waals surface area contributed by atoms with Gasteiger partial charge in [-0.15, -0.1) is 11.3 Å². The van der Waals surface area contributed by atoms with Crippen LogP contribution < -0.4 is 10.6 Å². The van der Waals surface area contributed by atoms with Gasteiger partial charge in [0.05, 0.1) is 27.6 Å². The average molecular weight is 480 g/mol. The van der Waals surface area contributed by atoms with E-state index < -0.39 is 21.7 Å². The predicted octanol–water partition coefficient (Wildman–Crippen LogP) is 2.87. The number of anilines is 1. The fraction of sp³-hybridized carbons (Fsp3) is 0.0909. The van der Waals surface area contributed by atoms with Crippen molar-refractivity contribution in [1.82, 2.24) is 20.1 Å². The van der Waals surface area contributed by atoms with Crippen LogP contribution in [0.4, 0.5) is 5.69 Å². The largest absolute Gasteiger partial charge is 0.347 e. The molecular formula is C22H17N5O4S2. The normalized spacial score (nSPS) is 14.0. The lowest BCUT2D eigenvalue weighted by Crippen LogP contribution is -2.22. The van der Waals surface area contributed by atoms with Crippen LogP contribution in [0.25, 0.3) is 10.7 Å². The van der Waals surface area contributed by atoms with Crippen molar-refractivity contribution in [3.8, 4) is 10.7 Å². The first-order valence-corrected chi connectivity index (χ1v) is 12.2. The molecule has 0 unspecified atom stereocenters. The molecule has 2 aromatic carbocycles. The lowest BCUT2D eigenvalue weighted by Gasteiger charge is -2.10. The van der Waals surface area contributed by atoms with Crippen molar-refractivity contribution < 1.29 is 18.0 Å². The number of aryl methyl sites for hydroxylation is 1. The number of nitrogens with one attached hydrogen (secondary N) is 2. The van der Waals surface area contributed by atoms with Crippen molar-refractivity contribution in [2.75, 3.05) is 5.32 Å². The number of sulfone groups is 1. The van der Waals surface area contributed by atoms with E-state index >= 15 is 0 Å². The molecule has 5 rings (SSSR count). The van der Waals surface area contributed by atoms with Crippen LogP contribution in [0.2, 0.25) is 0 Å². The van der Waals surface area contributed by atoms with Gasteiger partial charge in [-0.2, -0.15) is 5.10 Å². The molecule has 1 aliphatic heterocycles. The maximum Gasteiger partial charge on any atom is 0.257 e. The van der Waals surface area contributed by atoms with Crippen molar-refractivity contribution in [1.29, 1.82) is 0 Å². The Kier molecular flexibility index (Phi) is 5.06. The second-order valence-electron chi connectivity index (χ2n) is 7.35. The van der Waals surface area contributed by atoms with E-state index in [9.17, 15) is 18.0 Å². The van der Waals surface area contributed by atoms with Gasteiger partial charge in [0.25, 0.3) is 11.8 Å². The Morgan fingerprint density at radius 3 is 2.76 bits per heavy atom. The van der Waals surface area contributed by atoms with Crippen LogP contribution in [0.5, 0.6) is 0 Å². The Hall–Kier alpha value is -3.83. The number of carbonyl (C=O) groups is 2. The van der Waals surface area contributed by atoms with E-state index in [1.54, 1.807) is 23.0 Å². The number of benzene rings is 2. The van der Waals surface area contributed by atoms with Crippen LogP contribution >= 0.6 is 11.3 Å². The summed E-state index contributed by atoms with van der Waals surface area (Å²) in [6, 6.07) is 12.0. The minimum absolute atomic E-state index is 0.0557. The van der Waals surface area contributed by atoms with Crippen molar-refractivity contribution in [2.45, 2.75) is 16.3 Å². The van der Waals surface area contributed by atoms with Gasteiger partial charge in [0.2, 0.25) is 9.84 Å².